The Morgan fingerprint density at radius 1 is 1.08 bits per heavy atom. The molecule has 2 atom stereocenters. The molecule has 3 rings (SSSR count). The molecule has 1 saturated carbocycles. The average Bonchev–Trinajstić information content (AvgIpc) is 2.92. The highest BCUT2D eigenvalue weighted by Gasteiger charge is 2.46. The molecule has 1 aliphatic carbocycles. The van der Waals surface area contributed by atoms with Gasteiger partial charge in [0.25, 0.3) is 0 Å². The number of methoxy groups -OCH3 is 1. The summed E-state index contributed by atoms with van der Waals surface area (Å²) in [7, 11) is 1.57. The van der Waals surface area contributed by atoms with Crippen molar-refractivity contribution in [2.45, 2.75) is 70.3 Å². The third-order valence-electron chi connectivity index (χ3n) is 7.02. The zero-order valence-corrected chi connectivity index (χ0v) is 16.6. The van der Waals surface area contributed by atoms with Crippen molar-refractivity contribution in [1.29, 1.82) is 0 Å². The fourth-order valence-corrected chi connectivity index (χ4v) is 5.44. The van der Waals surface area contributed by atoms with Crippen molar-refractivity contribution in [3.63, 3.8) is 0 Å². The van der Waals surface area contributed by atoms with Crippen LogP contribution >= 0.6 is 0 Å². The molecule has 1 spiro atoms. The lowest BCUT2D eigenvalue weighted by molar-refractivity contribution is -0.145. The van der Waals surface area contributed by atoms with E-state index in [4.69, 9.17) is 4.74 Å². The van der Waals surface area contributed by atoms with Crippen molar-refractivity contribution >= 4 is 5.91 Å². The van der Waals surface area contributed by atoms with Crippen LogP contribution in [0.2, 0.25) is 0 Å². The molecule has 1 amide bonds. The smallest absolute Gasteiger partial charge is 0.248 e. The molecular formula is C21H38N2O3. The van der Waals surface area contributed by atoms with Crippen LogP contribution in [0.15, 0.2) is 0 Å². The van der Waals surface area contributed by atoms with Crippen LogP contribution in [0.25, 0.3) is 0 Å². The first-order chi connectivity index (χ1) is 12.6. The minimum Gasteiger partial charge on any atom is -0.392 e. The van der Waals surface area contributed by atoms with Gasteiger partial charge in [-0.25, -0.2) is 0 Å². The maximum atomic E-state index is 12.3. The van der Waals surface area contributed by atoms with E-state index in [1.165, 1.54) is 44.9 Å². The first-order valence-electron chi connectivity index (χ1n) is 10.8. The lowest BCUT2D eigenvalue weighted by Gasteiger charge is -2.51. The maximum Gasteiger partial charge on any atom is 0.248 e. The number of piperidine rings is 2. The van der Waals surface area contributed by atoms with Crippen LogP contribution in [0.4, 0.5) is 0 Å². The van der Waals surface area contributed by atoms with E-state index in [1.54, 1.807) is 7.11 Å². The zero-order chi connectivity index (χ0) is 18.4. The van der Waals surface area contributed by atoms with Gasteiger partial charge in [0.1, 0.15) is 6.61 Å². The van der Waals surface area contributed by atoms with Crippen molar-refractivity contribution in [3.05, 3.63) is 0 Å². The minimum atomic E-state index is -0.283. The fourth-order valence-electron chi connectivity index (χ4n) is 5.44. The molecule has 3 fully saturated rings. The van der Waals surface area contributed by atoms with Crippen molar-refractivity contribution in [3.8, 4) is 0 Å². The fraction of sp³-hybridized carbons (Fsp3) is 0.952. The van der Waals surface area contributed by atoms with Gasteiger partial charge in [0.15, 0.2) is 0 Å². The molecule has 0 bridgehead atoms. The van der Waals surface area contributed by atoms with Gasteiger partial charge in [0, 0.05) is 38.7 Å². The third kappa shape index (κ3) is 4.99. The summed E-state index contributed by atoms with van der Waals surface area (Å²) in [5, 5.41) is 10.8. The standard InChI is InChI=1S/C21H38N2O3/c1-26-15-20(25)23-12-6-11-21(17-23)16-22(14-10-19(21)24)13-9-18-7-4-2-3-5-8-18/h18-19,24H,2-17H2,1H3/t19-,21-/m1/s1. The van der Waals surface area contributed by atoms with Crippen molar-refractivity contribution < 1.29 is 14.6 Å². The molecule has 5 nitrogen and oxygen atoms in total. The van der Waals surface area contributed by atoms with Crippen molar-refractivity contribution in [1.82, 2.24) is 9.80 Å². The van der Waals surface area contributed by atoms with E-state index in [9.17, 15) is 9.90 Å². The van der Waals surface area contributed by atoms with Crippen molar-refractivity contribution in [2.75, 3.05) is 46.4 Å². The predicted molar refractivity (Wildman–Crippen MR) is 103 cm³/mol. The molecule has 2 aliphatic heterocycles. The first-order valence-corrected chi connectivity index (χ1v) is 10.8. The Hall–Kier alpha value is -0.650. The van der Waals surface area contributed by atoms with E-state index in [0.29, 0.717) is 6.54 Å². The van der Waals surface area contributed by atoms with E-state index in [-0.39, 0.29) is 24.0 Å². The average molecular weight is 367 g/mol. The lowest BCUT2D eigenvalue weighted by atomic mass is 9.71. The normalized spacial score (nSPS) is 31.9. The van der Waals surface area contributed by atoms with Crippen molar-refractivity contribution in [2.24, 2.45) is 11.3 Å². The second-order valence-electron chi connectivity index (χ2n) is 8.94. The minimum absolute atomic E-state index is 0.0642. The predicted octanol–water partition coefficient (Wildman–Crippen LogP) is 2.67. The highest BCUT2D eigenvalue weighted by Crippen LogP contribution is 2.39. The first kappa shape index (κ1) is 20.1. The molecule has 2 saturated heterocycles. The summed E-state index contributed by atoms with van der Waals surface area (Å²) in [6.45, 7) is 4.75. The molecule has 0 radical (unpaired) electrons. The number of rotatable bonds is 5. The topological polar surface area (TPSA) is 53.0 Å². The van der Waals surface area contributed by atoms with Gasteiger partial charge in [0.05, 0.1) is 6.10 Å². The SMILES string of the molecule is COCC(=O)N1CCC[C@@]2(CN(CCC3CCCCCC3)CC[C@H]2O)C1. The summed E-state index contributed by atoms with van der Waals surface area (Å²) >= 11 is 0. The molecule has 0 aromatic heterocycles. The summed E-state index contributed by atoms with van der Waals surface area (Å²) in [4.78, 5) is 16.8. The molecule has 26 heavy (non-hydrogen) atoms. The third-order valence-corrected chi connectivity index (χ3v) is 7.02. The Kier molecular flexibility index (Phi) is 7.35. The van der Waals surface area contributed by atoms with Gasteiger partial charge < -0.3 is 19.6 Å². The molecule has 1 N–H and O–H groups in total. The van der Waals surface area contributed by atoms with E-state index >= 15 is 0 Å². The van der Waals surface area contributed by atoms with Crippen LogP contribution in [0, 0.1) is 11.3 Å². The number of carbonyl (C=O) groups excluding carboxylic acids is 1. The van der Waals surface area contributed by atoms with Gasteiger partial charge in [-0.15, -0.1) is 0 Å². The number of ether oxygens (including phenoxy) is 1. The number of carbonyl (C=O) groups is 1. The molecular weight excluding hydrogens is 328 g/mol. The second kappa shape index (κ2) is 9.52. The summed E-state index contributed by atoms with van der Waals surface area (Å²) in [6.07, 6.45) is 12.3. The van der Waals surface area contributed by atoms with Crippen LogP contribution in [0.3, 0.4) is 0 Å². The Balaban J connectivity index is 1.55. The number of nitrogens with zero attached hydrogens (tertiary/aromatic N) is 2. The Labute approximate surface area is 159 Å². The largest absolute Gasteiger partial charge is 0.392 e. The van der Waals surface area contributed by atoms with Gasteiger partial charge in [-0.3, -0.25) is 4.79 Å². The van der Waals surface area contributed by atoms with Crippen LogP contribution in [-0.2, 0) is 9.53 Å². The van der Waals surface area contributed by atoms with E-state index in [1.807, 2.05) is 4.90 Å². The second-order valence-corrected chi connectivity index (χ2v) is 8.94. The van der Waals surface area contributed by atoms with Gasteiger partial charge in [0.2, 0.25) is 5.91 Å². The number of amides is 1. The lowest BCUT2D eigenvalue weighted by Crippen LogP contribution is -2.60. The number of aliphatic hydroxyl groups excluding tert-OH is 1. The molecule has 5 heteroatoms. The molecule has 0 unspecified atom stereocenters. The van der Waals surface area contributed by atoms with Crippen LogP contribution < -0.4 is 0 Å². The zero-order valence-electron chi connectivity index (χ0n) is 16.6. The Morgan fingerprint density at radius 3 is 2.58 bits per heavy atom. The summed E-state index contributed by atoms with van der Waals surface area (Å²) in [5.74, 6) is 0.959. The van der Waals surface area contributed by atoms with Crippen LogP contribution in [-0.4, -0.2) is 73.4 Å². The monoisotopic (exact) mass is 366 g/mol. The van der Waals surface area contributed by atoms with E-state index < -0.39 is 0 Å². The summed E-state index contributed by atoms with van der Waals surface area (Å²) < 4.78 is 5.03. The summed E-state index contributed by atoms with van der Waals surface area (Å²) in [5.41, 5.74) is -0.136. The van der Waals surface area contributed by atoms with Gasteiger partial charge in [-0.2, -0.15) is 0 Å². The van der Waals surface area contributed by atoms with Gasteiger partial charge in [-0.1, -0.05) is 38.5 Å². The molecule has 2 heterocycles. The Bertz CT molecular complexity index is 451. The highest BCUT2D eigenvalue weighted by atomic mass is 16.5. The Morgan fingerprint density at radius 2 is 1.85 bits per heavy atom. The number of hydrogen-bond acceptors (Lipinski definition) is 4. The number of likely N-dealkylation sites (tertiary alicyclic amines) is 2. The number of hydrogen-bond donors (Lipinski definition) is 1. The van der Waals surface area contributed by atoms with E-state index in [2.05, 4.69) is 4.90 Å². The molecule has 0 aromatic rings. The summed E-state index contributed by atoms with van der Waals surface area (Å²) in [6, 6.07) is 0. The highest BCUT2D eigenvalue weighted by molar-refractivity contribution is 5.77. The van der Waals surface area contributed by atoms with Crippen LogP contribution in [0.1, 0.15) is 64.2 Å². The van der Waals surface area contributed by atoms with Gasteiger partial charge >= 0.3 is 0 Å². The van der Waals surface area contributed by atoms with Crippen LogP contribution in [0.5, 0.6) is 0 Å². The quantitative estimate of drug-likeness (QED) is 0.760. The molecule has 0 aromatic carbocycles. The maximum absolute atomic E-state index is 12.3. The van der Waals surface area contributed by atoms with E-state index in [0.717, 1.165) is 51.4 Å². The molecule has 3 aliphatic rings. The van der Waals surface area contributed by atoms with Gasteiger partial charge in [-0.05, 0) is 38.1 Å². The molecule has 150 valence electrons. The number of aliphatic hydroxyl groups is 1.